The molecule has 0 bridgehead atoms. The highest BCUT2D eigenvalue weighted by Gasteiger charge is 2.46. The average molecular weight is 1070 g/mol. The smallest absolute Gasteiger partial charge is 0.306 e. The molecule has 1 aliphatic heterocycles. The van der Waals surface area contributed by atoms with Gasteiger partial charge in [0.15, 0.2) is 12.4 Å². The van der Waals surface area contributed by atoms with Crippen LogP contribution >= 0.6 is 0 Å². The van der Waals surface area contributed by atoms with E-state index in [9.17, 15) is 37.9 Å². The predicted octanol–water partition coefficient (Wildman–Crippen LogP) is 15.5. The van der Waals surface area contributed by atoms with Gasteiger partial charge < -0.3 is 34.3 Å². The van der Waals surface area contributed by atoms with Crippen LogP contribution < -0.4 is 0 Å². The fourth-order valence-electron chi connectivity index (χ4n) is 9.73. The third kappa shape index (κ3) is 44.1. The maximum atomic E-state index is 12.9. The molecule has 74 heavy (non-hydrogen) atoms. The lowest BCUT2D eigenvalue weighted by atomic mass is 10.00. The molecule has 0 spiro atoms. The van der Waals surface area contributed by atoms with Crippen LogP contribution in [0.3, 0.4) is 0 Å². The van der Waals surface area contributed by atoms with Crippen LogP contribution in [0.15, 0.2) is 24.3 Å². The maximum Gasteiger partial charge on any atom is 0.306 e. The van der Waals surface area contributed by atoms with Crippen LogP contribution in [0.4, 0.5) is 0 Å². The number of unbranched alkanes of at least 4 members (excludes halogenated alkanes) is 38. The number of aliphatic hydroxyl groups excluding tert-OH is 3. The second kappa shape index (κ2) is 50.6. The van der Waals surface area contributed by atoms with E-state index in [0.29, 0.717) is 12.8 Å². The van der Waals surface area contributed by atoms with Crippen LogP contribution in [0.1, 0.15) is 296 Å². The van der Waals surface area contributed by atoms with Crippen molar-refractivity contribution in [3.8, 4) is 0 Å². The average Bonchev–Trinajstić information content (AvgIpc) is 3.37. The summed E-state index contributed by atoms with van der Waals surface area (Å²) in [7, 11) is -4.61. The Hall–Kier alpha value is -1.87. The van der Waals surface area contributed by atoms with Crippen molar-refractivity contribution in [2.45, 2.75) is 333 Å². The minimum absolute atomic E-state index is 0.167. The van der Waals surface area contributed by atoms with Crippen LogP contribution in [0.2, 0.25) is 0 Å². The zero-order valence-corrected chi connectivity index (χ0v) is 48.3. The van der Waals surface area contributed by atoms with Gasteiger partial charge >= 0.3 is 11.9 Å². The number of rotatable bonds is 54. The molecule has 0 aromatic carbocycles. The molecule has 1 rings (SSSR count). The molecule has 0 aliphatic carbocycles. The number of esters is 2. The summed E-state index contributed by atoms with van der Waals surface area (Å²) >= 11 is 0. The molecule has 4 N–H and O–H groups in total. The highest BCUT2D eigenvalue weighted by Crippen LogP contribution is 2.24. The van der Waals surface area contributed by atoms with Gasteiger partial charge in [0, 0.05) is 12.8 Å². The maximum absolute atomic E-state index is 12.9. The lowest BCUT2D eigenvalue weighted by Gasteiger charge is -2.40. The third-order valence-corrected chi connectivity index (χ3v) is 15.3. The zero-order valence-electron chi connectivity index (χ0n) is 47.5. The Morgan fingerprint density at radius 1 is 0.446 bits per heavy atom. The normalized spacial score (nSPS) is 18.7. The minimum Gasteiger partial charge on any atom is -0.462 e. The van der Waals surface area contributed by atoms with E-state index in [0.717, 1.165) is 38.5 Å². The SMILES string of the molecule is CCCCCCCCCC/C=C\CCCCCCCCCCCCCC(=O)OCC(COC1OC(CS(=O)(=O)O)C(O)C(O)C1O)OC(=O)CCCCCCCCCCCCC/C=C\CCCCCCCCCC. The first-order valence-electron chi connectivity index (χ1n) is 30.9. The first-order chi connectivity index (χ1) is 36.0. The van der Waals surface area contributed by atoms with E-state index in [4.69, 9.17) is 18.9 Å². The van der Waals surface area contributed by atoms with Crippen LogP contribution in [-0.4, -0.2) is 96.0 Å². The molecule has 1 aliphatic rings. The first-order valence-corrected chi connectivity index (χ1v) is 32.5. The Kier molecular flexibility index (Phi) is 48.0. The summed E-state index contributed by atoms with van der Waals surface area (Å²) in [5, 5.41) is 31.1. The summed E-state index contributed by atoms with van der Waals surface area (Å²) in [6, 6.07) is 0. The number of carbonyl (C=O) groups excluding carboxylic acids is 2. The largest absolute Gasteiger partial charge is 0.462 e. The van der Waals surface area contributed by atoms with Gasteiger partial charge in [-0.15, -0.1) is 0 Å². The fraction of sp³-hybridized carbons (Fsp3) is 0.902. The molecule has 1 heterocycles. The van der Waals surface area contributed by atoms with E-state index >= 15 is 0 Å². The summed E-state index contributed by atoms with van der Waals surface area (Å²) in [5.74, 6) is -1.97. The van der Waals surface area contributed by atoms with Crippen LogP contribution in [-0.2, 0) is 38.7 Å². The summed E-state index contributed by atoms with van der Waals surface area (Å²) in [4.78, 5) is 25.7. The van der Waals surface area contributed by atoms with Crippen molar-refractivity contribution < 1.29 is 56.8 Å². The molecule has 0 aromatic rings. The van der Waals surface area contributed by atoms with Gasteiger partial charge in [-0.05, 0) is 64.2 Å². The molecule has 436 valence electrons. The number of ether oxygens (including phenoxy) is 4. The molecule has 0 amide bonds. The zero-order chi connectivity index (χ0) is 54.0. The Labute approximate surface area is 453 Å². The Morgan fingerprint density at radius 2 is 0.770 bits per heavy atom. The van der Waals surface area contributed by atoms with Crippen molar-refractivity contribution in [2.75, 3.05) is 19.0 Å². The summed E-state index contributed by atoms with van der Waals surface area (Å²) in [6.45, 7) is 3.83. The van der Waals surface area contributed by atoms with Gasteiger partial charge in [0.25, 0.3) is 10.1 Å². The third-order valence-electron chi connectivity index (χ3n) is 14.5. The Bertz CT molecular complexity index is 1440. The summed E-state index contributed by atoms with van der Waals surface area (Å²) in [6.07, 6.45) is 52.2. The molecule has 0 radical (unpaired) electrons. The fourth-order valence-corrected chi connectivity index (χ4v) is 10.4. The van der Waals surface area contributed by atoms with E-state index in [1.54, 1.807) is 0 Å². The molecule has 13 heteroatoms. The number of carbonyl (C=O) groups is 2. The minimum atomic E-state index is -4.61. The Balaban J connectivity index is 2.27. The number of aliphatic hydroxyl groups is 3. The summed E-state index contributed by atoms with van der Waals surface area (Å²) in [5.41, 5.74) is 0. The molecule has 12 nitrogen and oxygen atoms in total. The van der Waals surface area contributed by atoms with Crippen molar-refractivity contribution in [2.24, 2.45) is 0 Å². The van der Waals surface area contributed by atoms with E-state index in [-0.39, 0.29) is 19.4 Å². The second-order valence-electron chi connectivity index (χ2n) is 21.7. The van der Waals surface area contributed by atoms with Gasteiger partial charge in [-0.2, -0.15) is 8.42 Å². The molecular weight excluding hydrogens is 957 g/mol. The number of hydrogen-bond donors (Lipinski definition) is 4. The predicted molar refractivity (Wildman–Crippen MR) is 303 cm³/mol. The van der Waals surface area contributed by atoms with Gasteiger partial charge in [0.1, 0.15) is 36.8 Å². The molecule has 0 aromatic heterocycles. The van der Waals surface area contributed by atoms with Crippen LogP contribution in [0.5, 0.6) is 0 Å². The number of hydrogen-bond acceptors (Lipinski definition) is 11. The van der Waals surface area contributed by atoms with Gasteiger partial charge in [0.2, 0.25) is 0 Å². The molecule has 1 fully saturated rings. The Morgan fingerprint density at radius 3 is 1.12 bits per heavy atom. The molecule has 1 saturated heterocycles. The van der Waals surface area contributed by atoms with E-state index in [2.05, 4.69) is 38.2 Å². The monoisotopic (exact) mass is 1070 g/mol. The van der Waals surface area contributed by atoms with Gasteiger partial charge in [-0.25, -0.2) is 0 Å². The van der Waals surface area contributed by atoms with Gasteiger partial charge in [0.05, 0.1) is 6.61 Å². The van der Waals surface area contributed by atoms with Gasteiger partial charge in [-0.3, -0.25) is 14.1 Å². The van der Waals surface area contributed by atoms with E-state index < -0.39 is 71.2 Å². The lowest BCUT2D eigenvalue weighted by Crippen LogP contribution is -2.60. The molecule has 6 atom stereocenters. The van der Waals surface area contributed by atoms with Gasteiger partial charge in [-0.1, -0.05) is 244 Å². The molecular formula is C61H114O12S. The van der Waals surface area contributed by atoms with Crippen molar-refractivity contribution in [1.82, 2.24) is 0 Å². The highest BCUT2D eigenvalue weighted by atomic mass is 32.2. The van der Waals surface area contributed by atoms with E-state index in [1.165, 1.54) is 218 Å². The summed E-state index contributed by atoms with van der Waals surface area (Å²) < 4.78 is 54.5. The second-order valence-corrected chi connectivity index (χ2v) is 23.2. The van der Waals surface area contributed by atoms with Crippen molar-refractivity contribution in [3.05, 3.63) is 24.3 Å². The highest BCUT2D eigenvalue weighted by molar-refractivity contribution is 7.85. The van der Waals surface area contributed by atoms with Crippen LogP contribution in [0.25, 0.3) is 0 Å². The van der Waals surface area contributed by atoms with Crippen molar-refractivity contribution in [1.29, 1.82) is 0 Å². The quantitative estimate of drug-likeness (QED) is 0.0196. The van der Waals surface area contributed by atoms with Crippen molar-refractivity contribution >= 4 is 22.1 Å². The standard InChI is InChI=1S/C61H114O12S/c1-3-5-7-9-11-13-15-17-19-21-23-25-27-29-31-33-35-37-39-41-43-45-47-49-56(62)70-51-54(52-71-61-60(66)59(65)58(64)55(73-61)53-74(67,68)69)72-57(63)50-48-46-44-42-40-38-36-34-32-30-28-26-24-22-20-18-16-14-12-10-8-6-4-2/h21-24,54-55,58-61,64-66H,3-20,25-53H2,1-2H3,(H,67,68,69)/b23-21-,24-22-. The molecule has 6 unspecified atom stereocenters. The number of allylic oxidation sites excluding steroid dienone is 4. The van der Waals surface area contributed by atoms with Crippen molar-refractivity contribution in [3.63, 3.8) is 0 Å². The van der Waals surface area contributed by atoms with E-state index in [1.807, 2.05) is 0 Å². The molecule has 0 saturated carbocycles. The topological polar surface area (TPSA) is 186 Å². The van der Waals surface area contributed by atoms with Crippen LogP contribution in [0, 0.1) is 0 Å². The lowest BCUT2D eigenvalue weighted by molar-refractivity contribution is -0.297. The first kappa shape index (κ1) is 70.1.